The van der Waals surface area contributed by atoms with E-state index in [2.05, 4.69) is 12.1 Å². The van der Waals surface area contributed by atoms with E-state index in [0.29, 0.717) is 45.4 Å². The van der Waals surface area contributed by atoms with E-state index in [9.17, 15) is 9.59 Å². The van der Waals surface area contributed by atoms with Gasteiger partial charge in [0, 0.05) is 38.9 Å². The first-order valence-electron chi connectivity index (χ1n) is 10.5. The first-order valence-corrected chi connectivity index (χ1v) is 10.5. The summed E-state index contributed by atoms with van der Waals surface area (Å²) in [6.45, 7) is 5.20. The number of nitrogens with zero attached hydrogens (tertiary/aromatic N) is 2. The minimum absolute atomic E-state index is 0.0607. The highest BCUT2D eigenvalue weighted by Crippen LogP contribution is 2.22. The summed E-state index contributed by atoms with van der Waals surface area (Å²) < 4.78 is 15.6. The number of rotatable bonds is 8. The number of amides is 2. The van der Waals surface area contributed by atoms with Crippen LogP contribution in [0.3, 0.4) is 0 Å². The summed E-state index contributed by atoms with van der Waals surface area (Å²) >= 11 is 0. The van der Waals surface area contributed by atoms with Crippen molar-refractivity contribution in [2.45, 2.75) is 19.3 Å². The van der Waals surface area contributed by atoms with Crippen molar-refractivity contribution in [1.29, 1.82) is 0 Å². The van der Waals surface area contributed by atoms with Gasteiger partial charge in [-0.15, -0.1) is 0 Å². The Bertz CT molecular complexity index is 650. The zero-order valence-electron chi connectivity index (χ0n) is 17.3. The highest BCUT2D eigenvalue weighted by Gasteiger charge is 2.23. The highest BCUT2D eigenvalue weighted by molar-refractivity contribution is 5.94. The summed E-state index contributed by atoms with van der Waals surface area (Å²) in [5.41, 5.74) is 1.99. The molecule has 0 aliphatic carbocycles. The molecule has 160 valence electrons. The quantitative estimate of drug-likeness (QED) is 0.616. The number of hydrogen-bond donors (Lipinski definition) is 0. The SMILES string of the molecule is COCCOCC(=O)N1CCC(Cc2ccc(C(=O)N3CCOCC3)cc2)CC1. The minimum atomic E-state index is 0.0607. The molecule has 0 unspecified atom stereocenters. The van der Waals surface area contributed by atoms with Gasteiger partial charge in [0.15, 0.2) is 0 Å². The number of methoxy groups -OCH3 is 1. The van der Waals surface area contributed by atoms with Crippen molar-refractivity contribution in [2.24, 2.45) is 5.92 Å². The third-order valence-corrected chi connectivity index (χ3v) is 5.65. The third kappa shape index (κ3) is 6.52. The fourth-order valence-corrected chi connectivity index (χ4v) is 3.85. The average Bonchev–Trinajstić information content (AvgIpc) is 2.78. The minimum Gasteiger partial charge on any atom is -0.382 e. The lowest BCUT2D eigenvalue weighted by Crippen LogP contribution is -2.41. The highest BCUT2D eigenvalue weighted by atomic mass is 16.5. The predicted molar refractivity (Wildman–Crippen MR) is 109 cm³/mol. The van der Waals surface area contributed by atoms with Crippen LogP contribution in [-0.4, -0.2) is 87.9 Å². The van der Waals surface area contributed by atoms with Crippen LogP contribution in [0.4, 0.5) is 0 Å². The number of benzene rings is 1. The smallest absolute Gasteiger partial charge is 0.254 e. The van der Waals surface area contributed by atoms with Crippen LogP contribution >= 0.6 is 0 Å². The second-order valence-electron chi connectivity index (χ2n) is 7.68. The monoisotopic (exact) mass is 404 g/mol. The van der Waals surface area contributed by atoms with Crippen LogP contribution in [0.1, 0.15) is 28.8 Å². The predicted octanol–water partition coefficient (Wildman–Crippen LogP) is 1.60. The number of hydrogen-bond acceptors (Lipinski definition) is 5. The molecule has 2 saturated heterocycles. The molecule has 2 aliphatic rings. The van der Waals surface area contributed by atoms with E-state index in [1.165, 1.54) is 5.56 Å². The molecule has 0 atom stereocenters. The van der Waals surface area contributed by atoms with Gasteiger partial charge < -0.3 is 24.0 Å². The van der Waals surface area contributed by atoms with Crippen molar-refractivity contribution in [1.82, 2.24) is 9.80 Å². The van der Waals surface area contributed by atoms with Crippen molar-refractivity contribution in [3.05, 3.63) is 35.4 Å². The van der Waals surface area contributed by atoms with E-state index < -0.39 is 0 Å². The molecule has 3 rings (SSSR count). The molecule has 0 N–H and O–H groups in total. The molecule has 0 aromatic heterocycles. The molecule has 7 heteroatoms. The number of likely N-dealkylation sites (tertiary alicyclic amines) is 1. The number of morpholine rings is 1. The van der Waals surface area contributed by atoms with Crippen LogP contribution in [0.25, 0.3) is 0 Å². The second kappa shape index (κ2) is 11.3. The van der Waals surface area contributed by atoms with Crippen LogP contribution in [-0.2, 0) is 25.4 Å². The number of carbonyl (C=O) groups is 2. The Morgan fingerprint density at radius 2 is 1.69 bits per heavy atom. The molecule has 29 heavy (non-hydrogen) atoms. The van der Waals surface area contributed by atoms with E-state index >= 15 is 0 Å². The van der Waals surface area contributed by atoms with Crippen molar-refractivity contribution in [3.8, 4) is 0 Å². The summed E-state index contributed by atoms with van der Waals surface area (Å²) in [7, 11) is 1.62. The average molecular weight is 405 g/mol. The van der Waals surface area contributed by atoms with E-state index in [4.69, 9.17) is 14.2 Å². The maximum absolute atomic E-state index is 12.5. The standard InChI is InChI=1S/C22H32N2O5/c1-27-14-15-29-17-21(25)23-8-6-19(7-9-23)16-18-2-4-20(5-3-18)22(26)24-10-12-28-13-11-24/h2-5,19H,6-17H2,1H3. The Balaban J connectivity index is 1.41. The van der Waals surface area contributed by atoms with Gasteiger partial charge in [-0.3, -0.25) is 9.59 Å². The van der Waals surface area contributed by atoms with Crippen LogP contribution in [0.5, 0.6) is 0 Å². The molecule has 0 spiro atoms. The molecular weight excluding hydrogens is 372 g/mol. The molecule has 0 saturated carbocycles. The van der Waals surface area contributed by atoms with Gasteiger partial charge in [0.05, 0.1) is 26.4 Å². The summed E-state index contributed by atoms with van der Waals surface area (Å²) in [4.78, 5) is 28.5. The topological polar surface area (TPSA) is 68.3 Å². The lowest BCUT2D eigenvalue weighted by molar-refractivity contribution is -0.137. The molecule has 1 aromatic rings. The maximum atomic E-state index is 12.5. The van der Waals surface area contributed by atoms with Crippen LogP contribution in [0, 0.1) is 5.92 Å². The Morgan fingerprint density at radius 1 is 1.00 bits per heavy atom. The Labute approximate surface area is 172 Å². The van der Waals surface area contributed by atoms with Gasteiger partial charge in [-0.1, -0.05) is 12.1 Å². The van der Waals surface area contributed by atoms with Crippen LogP contribution in [0.15, 0.2) is 24.3 Å². The molecule has 2 fully saturated rings. The number of carbonyl (C=O) groups excluding carboxylic acids is 2. The fraction of sp³-hybridized carbons (Fsp3) is 0.636. The van der Waals surface area contributed by atoms with Crippen LogP contribution < -0.4 is 0 Å². The van der Waals surface area contributed by atoms with E-state index in [-0.39, 0.29) is 18.4 Å². The van der Waals surface area contributed by atoms with Crippen molar-refractivity contribution >= 4 is 11.8 Å². The lowest BCUT2D eigenvalue weighted by Gasteiger charge is -2.32. The van der Waals surface area contributed by atoms with Gasteiger partial charge in [0.1, 0.15) is 6.61 Å². The molecule has 0 bridgehead atoms. The van der Waals surface area contributed by atoms with Crippen molar-refractivity contribution < 1.29 is 23.8 Å². The maximum Gasteiger partial charge on any atom is 0.254 e. The Kier molecular flexibility index (Phi) is 8.46. The van der Waals surface area contributed by atoms with Crippen LogP contribution in [0.2, 0.25) is 0 Å². The summed E-state index contributed by atoms with van der Waals surface area (Å²) in [6, 6.07) is 8.00. The zero-order chi connectivity index (χ0) is 20.5. The normalized spacial score (nSPS) is 18.1. The summed E-state index contributed by atoms with van der Waals surface area (Å²) in [6.07, 6.45) is 2.98. The number of ether oxygens (including phenoxy) is 3. The molecule has 0 radical (unpaired) electrons. The lowest BCUT2D eigenvalue weighted by atomic mass is 9.90. The second-order valence-corrected chi connectivity index (χ2v) is 7.68. The van der Waals surface area contributed by atoms with Gasteiger partial charge in [0.2, 0.25) is 5.91 Å². The van der Waals surface area contributed by atoms with Crippen molar-refractivity contribution in [3.63, 3.8) is 0 Å². The molecule has 2 aliphatic heterocycles. The molecule has 7 nitrogen and oxygen atoms in total. The fourth-order valence-electron chi connectivity index (χ4n) is 3.85. The summed E-state index contributed by atoms with van der Waals surface area (Å²) in [5.74, 6) is 0.708. The van der Waals surface area contributed by atoms with E-state index in [0.717, 1.165) is 37.9 Å². The van der Waals surface area contributed by atoms with Gasteiger partial charge >= 0.3 is 0 Å². The van der Waals surface area contributed by atoms with Gasteiger partial charge in [-0.2, -0.15) is 0 Å². The van der Waals surface area contributed by atoms with Crippen molar-refractivity contribution in [2.75, 3.05) is 66.3 Å². The molecular formula is C22H32N2O5. The molecule has 1 aromatic carbocycles. The van der Waals surface area contributed by atoms with Gasteiger partial charge in [0.25, 0.3) is 5.91 Å². The van der Waals surface area contributed by atoms with Gasteiger partial charge in [-0.25, -0.2) is 0 Å². The Morgan fingerprint density at radius 3 is 2.34 bits per heavy atom. The van der Waals surface area contributed by atoms with E-state index in [1.54, 1.807) is 7.11 Å². The molecule has 2 heterocycles. The Hall–Kier alpha value is -1.96. The number of piperidine rings is 1. The third-order valence-electron chi connectivity index (χ3n) is 5.65. The molecule has 2 amide bonds. The first kappa shape index (κ1) is 21.7. The first-order chi connectivity index (χ1) is 14.2. The van der Waals surface area contributed by atoms with Gasteiger partial charge in [-0.05, 0) is 42.9 Å². The zero-order valence-corrected chi connectivity index (χ0v) is 17.3. The van der Waals surface area contributed by atoms with E-state index in [1.807, 2.05) is 21.9 Å². The largest absolute Gasteiger partial charge is 0.382 e. The summed E-state index contributed by atoms with van der Waals surface area (Å²) in [5, 5.41) is 0.